The van der Waals surface area contributed by atoms with Gasteiger partial charge in [0, 0.05) is 63.6 Å². The Hall–Kier alpha value is -11.1. The summed E-state index contributed by atoms with van der Waals surface area (Å²) in [4.78, 5) is 0. The predicted octanol–water partition coefficient (Wildman–Crippen LogP) is 22.4. The zero-order chi connectivity index (χ0) is 57.0. The lowest BCUT2D eigenvalue weighted by atomic mass is 9.82. The summed E-state index contributed by atoms with van der Waals surface area (Å²) in [6.45, 7) is 0. The van der Waals surface area contributed by atoms with Crippen LogP contribution in [0.3, 0.4) is 0 Å². The number of nitrogens with zero attached hydrogens (tertiary/aromatic N) is 4. The fraction of sp³-hybridized carbons (Fsp3) is 0. The third-order valence-corrected chi connectivity index (χ3v) is 19.8. The molecule has 4 aromatic heterocycles. The Morgan fingerprint density at radius 1 is 0.267 bits per heavy atom. The quantitative estimate of drug-likeness (QED) is 0.152. The predicted molar refractivity (Wildman–Crippen MR) is 363 cm³/mol. The lowest BCUT2D eigenvalue weighted by Gasteiger charge is -2.27. The lowest BCUT2D eigenvalue weighted by Crippen LogP contribution is -2.12. The summed E-state index contributed by atoms with van der Waals surface area (Å²) < 4.78 is 9.44. The summed E-state index contributed by atoms with van der Waals surface area (Å²) in [7, 11) is 0. The fourth-order valence-corrected chi connectivity index (χ4v) is 16.4. The van der Waals surface area contributed by atoms with Gasteiger partial charge in [-0.05, 0) is 79.9 Å². The average molecular weight is 1130 g/mol. The van der Waals surface area contributed by atoms with E-state index in [2.05, 4.69) is 288 Å². The maximum Gasteiger partial charge on any atom is 0.102 e. The van der Waals surface area contributed by atoms with E-state index < -0.39 is 0 Å². The molecule has 0 amide bonds. The second-order valence-corrected chi connectivity index (χ2v) is 24.0. The van der Waals surface area contributed by atoms with E-state index in [-0.39, 0.29) is 0 Å². The minimum Gasteiger partial charge on any atom is -0.306 e. The van der Waals surface area contributed by atoms with Gasteiger partial charge in [-0.3, -0.25) is 0 Å². The van der Waals surface area contributed by atoms with Crippen LogP contribution in [0.25, 0.3) is 162 Å². The second-order valence-electron chi connectivity index (χ2n) is 21.9. The molecule has 0 saturated heterocycles. The average Bonchev–Trinajstić information content (AvgIpc) is 1.52. The van der Waals surface area contributed by atoms with Crippen molar-refractivity contribution in [3.8, 4) is 90.3 Å². The van der Waals surface area contributed by atoms with Crippen LogP contribution in [0.4, 0.5) is 0 Å². The monoisotopic (exact) mass is 1130 g/mol. The Labute approximate surface area is 503 Å². The molecule has 0 atom stereocenters. The summed E-state index contributed by atoms with van der Waals surface area (Å²) in [5, 5.41) is 34.7. The molecule has 0 N–H and O–H groups in total. The normalized spacial score (nSPS) is 11.7. The molecule has 0 aliphatic rings. The molecule has 0 bridgehead atoms. The van der Waals surface area contributed by atoms with Gasteiger partial charge in [-0.1, -0.05) is 255 Å². The Kier molecular flexibility index (Phi) is 11.4. The largest absolute Gasteiger partial charge is 0.306 e. The zero-order valence-electron chi connectivity index (χ0n) is 46.2. The maximum atomic E-state index is 12.9. The number of nitriles is 2. The van der Waals surface area contributed by atoms with E-state index in [0.717, 1.165) is 125 Å². The SMILES string of the molecule is N#Cc1c(-c2ccccc2-c2ccccc2)c(C#N)c(-n2c3cccc(-c4ccccc4)c3c3ccc4c5ccccc5sc4c32)c(-c2ccccc2-c2ccccc2)c1-n1c2cccc(-c3ccccc3)c2c2ccc3c4ccccc4sc3c21. The van der Waals surface area contributed by atoms with Gasteiger partial charge in [-0.25, -0.2) is 0 Å². The van der Waals surface area contributed by atoms with Crippen molar-refractivity contribution in [1.29, 1.82) is 10.5 Å². The van der Waals surface area contributed by atoms with Crippen molar-refractivity contribution in [3.05, 3.63) is 290 Å². The van der Waals surface area contributed by atoms with Crippen molar-refractivity contribution < 1.29 is 0 Å². The van der Waals surface area contributed by atoms with Crippen molar-refractivity contribution in [1.82, 2.24) is 9.13 Å². The molecule has 0 unspecified atom stereocenters. The molecule has 17 rings (SSSR count). The first kappa shape index (κ1) is 49.5. The van der Waals surface area contributed by atoms with E-state index in [1.165, 1.54) is 20.2 Å². The van der Waals surface area contributed by atoms with Gasteiger partial charge in [-0.2, -0.15) is 10.5 Å². The highest BCUT2D eigenvalue weighted by Crippen LogP contribution is 2.55. The molecule has 0 spiro atoms. The number of benzene rings is 13. The molecule has 0 radical (unpaired) electrons. The molecule has 6 heteroatoms. The molecule has 0 saturated carbocycles. The highest BCUT2D eigenvalue weighted by atomic mass is 32.1. The van der Waals surface area contributed by atoms with Crippen LogP contribution >= 0.6 is 22.7 Å². The van der Waals surface area contributed by atoms with Gasteiger partial charge in [0.25, 0.3) is 0 Å². The Morgan fingerprint density at radius 2 is 0.593 bits per heavy atom. The summed E-state index contributed by atoms with van der Waals surface area (Å²) in [6.07, 6.45) is 0. The summed E-state index contributed by atoms with van der Waals surface area (Å²) >= 11 is 3.58. The Balaban J connectivity index is 1.19. The van der Waals surface area contributed by atoms with Crippen molar-refractivity contribution >= 4 is 107 Å². The van der Waals surface area contributed by atoms with Crippen LogP contribution in [0.5, 0.6) is 0 Å². The van der Waals surface area contributed by atoms with E-state index in [1.807, 2.05) is 12.1 Å². The Morgan fingerprint density at radius 3 is 1.00 bits per heavy atom. The first-order valence-electron chi connectivity index (χ1n) is 28.9. The highest BCUT2D eigenvalue weighted by Gasteiger charge is 2.35. The number of fused-ring (bicyclic) bond motifs is 14. The van der Waals surface area contributed by atoms with Gasteiger partial charge in [0.15, 0.2) is 0 Å². The van der Waals surface area contributed by atoms with E-state index in [9.17, 15) is 10.5 Å². The van der Waals surface area contributed by atoms with Gasteiger partial charge in [0.2, 0.25) is 0 Å². The van der Waals surface area contributed by atoms with Crippen LogP contribution in [0.1, 0.15) is 11.1 Å². The molecule has 0 aliphatic carbocycles. The number of hydrogen-bond acceptors (Lipinski definition) is 4. The number of thiophene rings is 2. The van der Waals surface area contributed by atoms with Crippen LogP contribution < -0.4 is 0 Å². The number of rotatable bonds is 8. The summed E-state index contributed by atoms with van der Waals surface area (Å²) in [6, 6.07) is 105. The molecular weight excluding hydrogens is 1080 g/mol. The van der Waals surface area contributed by atoms with Crippen LogP contribution in [0.15, 0.2) is 279 Å². The highest BCUT2D eigenvalue weighted by molar-refractivity contribution is 7.27. The minimum absolute atomic E-state index is 0.395. The standard InChI is InChI=1S/C80H46N4S2/c81-47-65-71(59-35-15-13-31-53(59)49-23-5-1-6-24-49)66(48-82)76(84-68-40-22-38-56(52-29-11-4-12-30-52)73(68)64-46-44-62-58-34-18-20-42-70(58)86-80(62)78(64)84)74(60-36-16-14-32-54(60)50-25-7-2-8-26-50)75(65)83-67-39-21-37-55(51-27-9-3-10-28-51)72(67)63-45-43-61-57-33-17-19-41-69(57)85-79(61)77(63)83/h1-46H. The van der Waals surface area contributed by atoms with E-state index in [0.29, 0.717) is 28.1 Å². The smallest absolute Gasteiger partial charge is 0.102 e. The number of hydrogen-bond donors (Lipinski definition) is 0. The maximum absolute atomic E-state index is 12.9. The van der Waals surface area contributed by atoms with Gasteiger partial charge in [0.1, 0.15) is 12.1 Å². The topological polar surface area (TPSA) is 57.4 Å². The molecule has 13 aromatic carbocycles. The minimum atomic E-state index is 0.395. The van der Waals surface area contributed by atoms with E-state index in [1.54, 1.807) is 22.7 Å². The van der Waals surface area contributed by atoms with E-state index in [4.69, 9.17) is 0 Å². The van der Waals surface area contributed by atoms with Crippen LogP contribution in [-0.2, 0) is 0 Å². The summed E-state index contributed by atoms with van der Waals surface area (Å²) in [5.41, 5.74) is 17.3. The first-order valence-corrected chi connectivity index (χ1v) is 30.5. The lowest BCUT2D eigenvalue weighted by molar-refractivity contribution is 1.13. The molecule has 0 aliphatic heterocycles. The van der Waals surface area contributed by atoms with Crippen molar-refractivity contribution in [2.75, 3.05) is 0 Å². The van der Waals surface area contributed by atoms with E-state index >= 15 is 0 Å². The molecule has 398 valence electrons. The second kappa shape index (κ2) is 19.8. The Bertz CT molecular complexity index is 5450. The molecule has 4 nitrogen and oxygen atoms in total. The van der Waals surface area contributed by atoms with Gasteiger partial charge < -0.3 is 9.13 Å². The molecule has 17 aromatic rings. The van der Waals surface area contributed by atoms with Crippen LogP contribution in [-0.4, -0.2) is 9.13 Å². The van der Waals surface area contributed by atoms with Crippen molar-refractivity contribution in [2.24, 2.45) is 0 Å². The third-order valence-electron chi connectivity index (χ3n) is 17.4. The number of aromatic nitrogens is 2. The molecule has 4 heterocycles. The first-order chi connectivity index (χ1) is 42.7. The summed E-state index contributed by atoms with van der Waals surface area (Å²) in [5.74, 6) is 0. The molecule has 86 heavy (non-hydrogen) atoms. The van der Waals surface area contributed by atoms with Crippen molar-refractivity contribution in [2.45, 2.75) is 0 Å². The van der Waals surface area contributed by atoms with Gasteiger partial charge in [0.05, 0.1) is 54.0 Å². The fourth-order valence-electron chi connectivity index (χ4n) is 13.9. The van der Waals surface area contributed by atoms with Crippen molar-refractivity contribution in [3.63, 3.8) is 0 Å². The van der Waals surface area contributed by atoms with Crippen LogP contribution in [0.2, 0.25) is 0 Å². The third kappa shape index (κ3) is 7.32. The zero-order valence-corrected chi connectivity index (χ0v) is 47.8. The van der Waals surface area contributed by atoms with Gasteiger partial charge >= 0.3 is 0 Å². The molecular formula is C80H46N4S2. The molecule has 0 fully saturated rings. The van der Waals surface area contributed by atoms with Crippen LogP contribution in [0, 0.1) is 22.7 Å². The van der Waals surface area contributed by atoms with Gasteiger partial charge in [-0.15, -0.1) is 22.7 Å².